The van der Waals surface area contributed by atoms with Crippen LogP contribution in [0, 0.1) is 5.82 Å². The maximum atomic E-state index is 13.0. The molecule has 1 aromatic heterocycles. The smallest absolute Gasteiger partial charge is 0.489 e. The minimum Gasteiger partial charge on any atom is -0.489 e. The monoisotopic (exact) mass is 264 g/mol. The van der Waals surface area contributed by atoms with Gasteiger partial charge in [0.15, 0.2) is 0 Å². The van der Waals surface area contributed by atoms with Crippen LogP contribution in [0.4, 0.5) is 4.39 Å². The van der Waals surface area contributed by atoms with E-state index in [1.54, 1.807) is 10.9 Å². The van der Waals surface area contributed by atoms with Gasteiger partial charge in [-0.25, -0.2) is 4.39 Å². The number of hydrogen-bond donors (Lipinski definition) is 2. The van der Waals surface area contributed by atoms with E-state index < -0.39 is 12.9 Å². The zero-order chi connectivity index (χ0) is 13.8. The second-order valence-corrected chi connectivity index (χ2v) is 4.05. The van der Waals surface area contributed by atoms with E-state index in [0.717, 1.165) is 18.2 Å². The lowest BCUT2D eigenvalue weighted by Gasteiger charge is -2.10. The van der Waals surface area contributed by atoms with Crippen LogP contribution in [0.1, 0.15) is 12.5 Å². The molecule has 7 heteroatoms. The molecule has 0 aliphatic heterocycles. The van der Waals surface area contributed by atoms with Gasteiger partial charge in [0.2, 0.25) is 0 Å². The Balaban J connectivity index is 2.10. The Morgan fingerprint density at radius 1 is 1.42 bits per heavy atom. The molecule has 100 valence electrons. The summed E-state index contributed by atoms with van der Waals surface area (Å²) in [5, 5.41) is 22.4. The molecule has 1 aromatic carbocycles. The molecule has 2 aromatic rings. The lowest BCUT2D eigenvalue weighted by molar-refractivity contribution is 0.306. The zero-order valence-electron chi connectivity index (χ0n) is 10.5. The highest BCUT2D eigenvalue weighted by Gasteiger charge is 2.18. The molecule has 0 aliphatic carbocycles. The summed E-state index contributed by atoms with van der Waals surface area (Å²) in [5.74, 6) is -0.310. The fourth-order valence-electron chi connectivity index (χ4n) is 1.67. The van der Waals surface area contributed by atoms with Crippen LogP contribution in [0.15, 0.2) is 30.6 Å². The van der Waals surface area contributed by atoms with Crippen LogP contribution in [-0.4, -0.2) is 26.9 Å². The van der Waals surface area contributed by atoms with E-state index in [-0.39, 0.29) is 17.8 Å². The third-order valence-electron chi connectivity index (χ3n) is 2.66. The van der Waals surface area contributed by atoms with Gasteiger partial charge < -0.3 is 14.8 Å². The Morgan fingerprint density at radius 3 is 2.84 bits per heavy atom. The molecule has 2 N–H and O–H groups in total. The van der Waals surface area contributed by atoms with Gasteiger partial charge in [-0.2, -0.15) is 5.10 Å². The summed E-state index contributed by atoms with van der Waals surface area (Å²) >= 11 is 0. The van der Waals surface area contributed by atoms with Crippen molar-refractivity contribution in [3.63, 3.8) is 0 Å². The van der Waals surface area contributed by atoms with Crippen LogP contribution in [0.5, 0.6) is 5.75 Å². The Hall–Kier alpha value is -1.86. The minimum atomic E-state index is -1.77. The average molecular weight is 264 g/mol. The Bertz CT molecular complexity index is 560. The summed E-state index contributed by atoms with van der Waals surface area (Å²) in [7, 11) is -1.77. The van der Waals surface area contributed by atoms with E-state index in [4.69, 9.17) is 14.8 Å². The molecule has 0 aliphatic rings. The van der Waals surface area contributed by atoms with Crippen LogP contribution in [0.3, 0.4) is 0 Å². The number of halogens is 1. The van der Waals surface area contributed by atoms with Crippen molar-refractivity contribution in [2.75, 3.05) is 0 Å². The SMILES string of the molecule is CCn1cc(COc2ccc(F)cc2B(O)O)cn1. The molecular weight excluding hydrogens is 250 g/mol. The Morgan fingerprint density at radius 2 is 2.21 bits per heavy atom. The lowest BCUT2D eigenvalue weighted by Crippen LogP contribution is -2.31. The van der Waals surface area contributed by atoms with Gasteiger partial charge in [-0.3, -0.25) is 4.68 Å². The predicted molar refractivity (Wildman–Crippen MR) is 68.5 cm³/mol. The van der Waals surface area contributed by atoms with Gasteiger partial charge in [0.1, 0.15) is 18.2 Å². The molecule has 0 fully saturated rings. The van der Waals surface area contributed by atoms with Gasteiger partial charge in [0.05, 0.1) is 6.20 Å². The van der Waals surface area contributed by atoms with E-state index in [1.165, 1.54) is 12.1 Å². The molecule has 0 atom stereocenters. The maximum Gasteiger partial charge on any atom is 0.492 e. The van der Waals surface area contributed by atoms with Crippen molar-refractivity contribution in [1.82, 2.24) is 9.78 Å². The van der Waals surface area contributed by atoms with Crippen molar-refractivity contribution in [1.29, 1.82) is 0 Å². The van der Waals surface area contributed by atoms with Crippen molar-refractivity contribution < 1.29 is 19.2 Å². The van der Waals surface area contributed by atoms with Crippen LogP contribution in [0.25, 0.3) is 0 Å². The summed E-state index contributed by atoms with van der Waals surface area (Å²) in [6.45, 7) is 2.96. The van der Waals surface area contributed by atoms with Crippen molar-refractivity contribution in [2.24, 2.45) is 0 Å². The molecular formula is C12H14BFN2O3. The van der Waals surface area contributed by atoms with Gasteiger partial charge in [-0.1, -0.05) is 0 Å². The highest BCUT2D eigenvalue weighted by Crippen LogP contribution is 2.12. The van der Waals surface area contributed by atoms with Crippen molar-refractivity contribution in [3.05, 3.63) is 42.0 Å². The molecule has 0 spiro atoms. The minimum absolute atomic E-state index is 0.00267. The van der Waals surface area contributed by atoms with Gasteiger partial charge in [-0.05, 0) is 25.1 Å². The van der Waals surface area contributed by atoms with Gasteiger partial charge in [0.25, 0.3) is 0 Å². The second-order valence-electron chi connectivity index (χ2n) is 4.05. The summed E-state index contributed by atoms with van der Waals surface area (Å²) in [5.41, 5.74) is 0.854. The van der Waals surface area contributed by atoms with Crippen LogP contribution >= 0.6 is 0 Å². The fourth-order valence-corrected chi connectivity index (χ4v) is 1.67. The molecule has 2 rings (SSSR count). The molecule has 0 saturated heterocycles. The van der Waals surface area contributed by atoms with Gasteiger partial charge in [0, 0.05) is 23.8 Å². The number of hydrogen-bond acceptors (Lipinski definition) is 4. The summed E-state index contributed by atoms with van der Waals surface area (Å²) < 4.78 is 20.2. The summed E-state index contributed by atoms with van der Waals surface area (Å²) in [6, 6.07) is 3.61. The average Bonchev–Trinajstić information content (AvgIpc) is 2.85. The molecule has 0 saturated carbocycles. The molecule has 19 heavy (non-hydrogen) atoms. The van der Waals surface area contributed by atoms with Crippen molar-refractivity contribution in [2.45, 2.75) is 20.1 Å². The van der Waals surface area contributed by atoms with Crippen LogP contribution in [0.2, 0.25) is 0 Å². The Kier molecular flexibility index (Phi) is 4.18. The van der Waals surface area contributed by atoms with E-state index in [0.29, 0.717) is 0 Å². The molecule has 0 bridgehead atoms. The third-order valence-corrected chi connectivity index (χ3v) is 2.66. The molecule has 1 heterocycles. The number of benzene rings is 1. The first-order chi connectivity index (χ1) is 9.10. The van der Waals surface area contributed by atoms with Crippen molar-refractivity contribution >= 4 is 12.6 Å². The normalized spacial score (nSPS) is 10.5. The lowest BCUT2D eigenvalue weighted by atomic mass is 9.79. The van der Waals surface area contributed by atoms with Crippen LogP contribution in [-0.2, 0) is 13.2 Å². The zero-order valence-corrected chi connectivity index (χ0v) is 10.5. The van der Waals surface area contributed by atoms with Crippen molar-refractivity contribution in [3.8, 4) is 5.75 Å². The molecule has 0 radical (unpaired) electrons. The van der Waals surface area contributed by atoms with E-state index in [1.807, 2.05) is 13.1 Å². The number of aryl methyl sites for hydroxylation is 1. The van der Waals surface area contributed by atoms with E-state index in [2.05, 4.69) is 5.10 Å². The molecule has 5 nitrogen and oxygen atoms in total. The number of aromatic nitrogens is 2. The quantitative estimate of drug-likeness (QED) is 0.762. The number of ether oxygens (including phenoxy) is 1. The van der Waals surface area contributed by atoms with E-state index in [9.17, 15) is 4.39 Å². The van der Waals surface area contributed by atoms with Gasteiger partial charge in [-0.15, -0.1) is 0 Å². The van der Waals surface area contributed by atoms with Crippen LogP contribution < -0.4 is 10.2 Å². The maximum absolute atomic E-state index is 13.0. The first kappa shape index (κ1) is 13.6. The third kappa shape index (κ3) is 3.33. The first-order valence-electron chi connectivity index (χ1n) is 5.90. The molecule has 0 unspecified atom stereocenters. The topological polar surface area (TPSA) is 67.5 Å². The van der Waals surface area contributed by atoms with Gasteiger partial charge >= 0.3 is 7.12 Å². The highest BCUT2D eigenvalue weighted by molar-refractivity contribution is 6.59. The highest BCUT2D eigenvalue weighted by atomic mass is 19.1. The summed E-state index contributed by atoms with van der Waals surface area (Å²) in [4.78, 5) is 0. The number of rotatable bonds is 5. The largest absolute Gasteiger partial charge is 0.492 e. The first-order valence-corrected chi connectivity index (χ1v) is 5.90. The second kappa shape index (κ2) is 5.86. The fraction of sp³-hybridized carbons (Fsp3) is 0.250. The standard InChI is InChI=1S/C12H14BFN2O3/c1-2-16-7-9(6-15-16)8-19-12-4-3-10(14)5-11(12)13(17)18/h3-7,17-18H,2,8H2,1H3. The number of nitrogens with zero attached hydrogens (tertiary/aromatic N) is 2. The summed E-state index contributed by atoms with van der Waals surface area (Å²) in [6.07, 6.45) is 3.50. The molecule has 0 amide bonds. The van der Waals surface area contributed by atoms with E-state index >= 15 is 0 Å². The Labute approximate surface area is 110 Å². The predicted octanol–water partition coefficient (Wildman–Crippen LogP) is 0.301.